The minimum absolute atomic E-state index is 0.0272. The Morgan fingerprint density at radius 1 is 0.971 bits per heavy atom. The summed E-state index contributed by atoms with van der Waals surface area (Å²) >= 11 is 0. The third kappa shape index (κ3) is 5.28. The monoisotopic (exact) mass is 460 g/mol. The molecule has 3 aromatic carbocycles. The second kappa shape index (κ2) is 10.5. The van der Waals surface area contributed by atoms with Crippen LogP contribution in [0.4, 0.5) is 10.1 Å². The van der Waals surface area contributed by atoms with Gasteiger partial charge in [0.25, 0.3) is 5.91 Å². The predicted molar refractivity (Wildman–Crippen MR) is 130 cm³/mol. The molecule has 6 heteroatoms. The third-order valence-corrected chi connectivity index (χ3v) is 6.36. The molecule has 3 aromatic rings. The quantitative estimate of drug-likeness (QED) is 0.497. The molecule has 2 N–H and O–H groups in total. The second-order valence-electron chi connectivity index (χ2n) is 8.80. The fraction of sp³-hybridized carbons (Fsp3) is 0.286. The maximum absolute atomic E-state index is 14.3. The smallest absolute Gasteiger partial charge is 0.259 e. The van der Waals surface area contributed by atoms with Crippen molar-refractivity contribution in [3.05, 3.63) is 95.3 Å². The van der Waals surface area contributed by atoms with E-state index >= 15 is 0 Å². The Balaban J connectivity index is 1.82. The molecule has 1 saturated carbocycles. The molecule has 176 valence electrons. The molecule has 0 bridgehead atoms. The van der Waals surface area contributed by atoms with Gasteiger partial charge < -0.3 is 10.4 Å². The summed E-state index contributed by atoms with van der Waals surface area (Å²) in [5, 5.41) is 12.8. The first kappa shape index (κ1) is 23.5. The van der Waals surface area contributed by atoms with E-state index in [0.29, 0.717) is 5.56 Å². The summed E-state index contributed by atoms with van der Waals surface area (Å²) in [7, 11) is 0. The number of hydrogen-bond donors (Lipinski definition) is 2. The number of halogens is 1. The fourth-order valence-electron chi connectivity index (χ4n) is 4.57. The molecule has 1 aliphatic carbocycles. The maximum Gasteiger partial charge on any atom is 0.259 e. The van der Waals surface area contributed by atoms with Gasteiger partial charge in [-0.3, -0.25) is 14.5 Å². The van der Waals surface area contributed by atoms with Gasteiger partial charge in [-0.1, -0.05) is 49.6 Å². The van der Waals surface area contributed by atoms with Crippen LogP contribution in [0.5, 0.6) is 5.75 Å². The number of hydrogen-bond acceptors (Lipinski definition) is 3. The summed E-state index contributed by atoms with van der Waals surface area (Å²) in [4.78, 5) is 29.0. The predicted octanol–water partition coefficient (Wildman–Crippen LogP) is 5.68. The highest BCUT2D eigenvalue weighted by atomic mass is 19.1. The van der Waals surface area contributed by atoms with Gasteiger partial charge in [-0.05, 0) is 73.4 Å². The minimum Gasteiger partial charge on any atom is -0.508 e. The van der Waals surface area contributed by atoms with Crippen LogP contribution in [0.2, 0.25) is 0 Å². The van der Waals surface area contributed by atoms with E-state index in [4.69, 9.17) is 0 Å². The molecule has 34 heavy (non-hydrogen) atoms. The molecule has 5 nitrogen and oxygen atoms in total. The number of aromatic hydroxyl groups is 1. The van der Waals surface area contributed by atoms with Crippen molar-refractivity contribution in [1.29, 1.82) is 0 Å². The van der Waals surface area contributed by atoms with E-state index in [9.17, 15) is 19.1 Å². The first-order valence-corrected chi connectivity index (χ1v) is 11.7. The van der Waals surface area contributed by atoms with E-state index in [-0.39, 0.29) is 28.9 Å². The number of amides is 2. The molecule has 0 saturated heterocycles. The summed E-state index contributed by atoms with van der Waals surface area (Å²) in [5.74, 6) is -1.23. The van der Waals surface area contributed by atoms with Crippen LogP contribution in [0.15, 0.2) is 72.8 Å². The topological polar surface area (TPSA) is 69.6 Å². The normalized spacial score (nSPS) is 14.9. The molecule has 1 atom stereocenters. The lowest BCUT2D eigenvalue weighted by Crippen LogP contribution is -2.47. The molecule has 0 heterocycles. The van der Waals surface area contributed by atoms with E-state index < -0.39 is 17.8 Å². The van der Waals surface area contributed by atoms with Crippen molar-refractivity contribution in [2.75, 3.05) is 4.90 Å². The van der Waals surface area contributed by atoms with E-state index in [2.05, 4.69) is 5.32 Å². The van der Waals surface area contributed by atoms with Gasteiger partial charge in [0.2, 0.25) is 5.91 Å². The highest BCUT2D eigenvalue weighted by molar-refractivity contribution is 6.10. The zero-order chi connectivity index (χ0) is 24.1. The molecular formula is C28H29FN2O3. The summed E-state index contributed by atoms with van der Waals surface area (Å²) in [6.45, 7) is 1.89. The lowest BCUT2D eigenvalue weighted by molar-refractivity contribution is -0.123. The van der Waals surface area contributed by atoms with Gasteiger partial charge in [-0.25, -0.2) is 4.39 Å². The van der Waals surface area contributed by atoms with Gasteiger partial charge >= 0.3 is 0 Å². The Labute approximate surface area is 199 Å². The summed E-state index contributed by atoms with van der Waals surface area (Å²) in [6.07, 6.45) is 5.07. The summed E-state index contributed by atoms with van der Waals surface area (Å²) in [6, 6.07) is 18.0. The number of carbonyl (C=O) groups excluding carboxylic acids is 2. The highest BCUT2D eigenvalue weighted by Gasteiger charge is 2.35. The SMILES string of the molecule is Cc1ccccc1C(C(=O)NC1CCCCC1)N(C(=O)c1ccc(O)cc1)c1cccc(F)c1. The Morgan fingerprint density at radius 3 is 2.35 bits per heavy atom. The van der Waals surface area contributed by atoms with Crippen molar-refractivity contribution in [2.24, 2.45) is 0 Å². The van der Waals surface area contributed by atoms with Crippen molar-refractivity contribution in [3.63, 3.8) is 0 Å². The van der Waals surface area contributed by atoms with Crippen LogP contribution in [0.3, 0.4) is 0 Å². The van der Waals surface area contributed by atoms with Gasteiger partial charge in [-0.15, -0.1) is 0 Å². The molecule has 0 aliphatic heterocycles. The minimum atomic E-state index is -0.994. The molecule has 0 aromatic heterocycles. The van der Waals surface area contributed by atoms with Crippen LogP contribution in [0.25, 0.3) is 0 Å². The average molecular weight is 461 g/mol. The number of carbonyl (C=O) groups is 2. The molecule has 4 rings (SSSR count). The molecule has 1 fully saturated rings. The molecule has 2 amide bonds. The second-order valence-corrected chi connectivity index (χ2v) is 8.80. The number of phenols is 1. The molecule has 0 spiro atoms. The number of rotatable bonds is 6. The zero-order valence-electron chi connectivity index (χ0n) is 19.2. The summed E-state index contributed by atoms with van der Waals surface area (Å²) < 4.78 is 14.3. The molecule has 1 aliphatic rings. The Bertz CT molecular complexity index is 1160. The van der Waals surface area contributed by atoms with Gasteiger partial charge in [0.05, 0.1) is 0 Å². The first-order chi connectivity index (χ1) is 16.4. The van der Waals surface area contributed by atoms with Crippen molar-refractivity contribution in [3.8, 4) is 5.75 Å². The van der Waals surface area contributed by atoms with Crippen LogP contribution >= 0.6 is 0 Å². The van der Waals surface area contributed by atoms with Crippen LogP contribution < -0.4 is 10.2 Å². The van der Waals surface area contributed by atoms with Crippen molar-refractivity contribution >= 4 is 17.5 Å². The number of aryl methyl sites for hydroxylation is 1. The lowest BCUT2D eigenvalue weighted by Gasteiger charge is -2.34. The van der Waals surface area contributed by atoms with Gasteiger partial charge in [0, 0.05) is 17.3 Å². The van der Waals surface area contributed by atoms with Gasteiger partial charge in [0.1, 0.15) is 17.6 Å². The van der Waals surface area contributed by atoms with Crippen LogP contribution in [0.1, 0.15) is 59.6 Å². The van der Waals surface area contributed by atoms with E-state index in [0.717, 1.165) is 37.7 Å². The number of anilines is 1. The van der Waals surface area contributed by atoms with Gasteiger partial charge in [0.15, 0.2) is 0 Å². The lowest BCUT2D eigenvalue weighted by atomic mass is 9.93. The van der Waals surface area contributed by atoms with Crippen molar-refractivity contribution in [2.45, 2.75) is 51.1 Å². The van der Waals surface area contributed by atoms with E-state index in [1.165, 1.54) is 47.4 Å². The Morgan fingerprint density at radius 2 is 1.68 bits per heavy atom. The number of phenolic OH excluding ortho intramolecular Hbond substituents is 1. The zero-order valence-corrected chi connectivity index (χ0v) is 19.2. The Hall–Kier alpha value is -3.67. The third-order valence-electron chi connectivity index (χ3n) is 6.36. The fourth-order valence-corrected chi connectivity index (χ4v) is 4.57. The number of benzene rings is 3. The first-order valence-electron chi connectivity index (χ1n) is 11.7. The van der Waals surface area contributed by atoms with Crippen molar-refractivity contribution < 1.29 is 19.1 Å². The van der Waals surface area contributed by atoms with Crippen molar-refractivity contribution in [1.82, 2.24) is 5.32 Å². The van der Waals surface area contributed by atoms with E-state index in [1.54, 1.807) is 6.07 Å². The number of nitrogens with zero attached hydrogens (tertiary/aromatic N) is 1. The average Bonchev–Trinajstić information content (AvgIpc) is 2.84. The molecule has 0 radical (unpaired) electrons. The van der Waals surface area contributed by atoms with Crippen LogP contribution in [-0.4, -0.2) is 23.0 Å². The molecular weight excluding hydrogens is 431 g/mol. The maximum atomic E-state index is 14.3. The largest absolute Gasteiger partial charge is 0.508 e. The van der Waals surface area contributed by atoms with Gasteiger partial charge in [-0.2, -0.15) is 0 Å². The standard InChI is InChI=1S/C28H29FN2O3/c1-19-8-5-6-13-25(19)26(27(33)30-22-10-3-2-4-11-22)31(23-12-7-9-21(29)18-23)28(34)20-14-16-24(32)17-15-20/h5-9,12-18,22,26,32H,2-4,10-11H2,1H3,(H,30,33). The van der Waals surface area contributed by atoms with Crippen LogP contribution in [0, 0.1) is 12.7 Å². The number of nitrogens with one attached hydrogen (secondary N) is 1. The van der Waals surface area contributed by atoms with Crippen LogP contribution in [-0.2, 0) is 4.79 Å². The molecule has 1 unspecified atom stereocenters. The Kier molecular flexibility index (Phi) is 7.26. The highest BCUT2D eigenvalue weighted by Crippen LogP contribution is 2.32. The summed E-state index contributed by atoms with van der Waals surface area (Å²) in [5.41, 5.74) is 2.09. The van der Waals surface area contributed by atoms with E-state index in [1.807, 2.05) is 31.2 Å².